The number of nitrogens with zero attached hydrogens (tertiary/aromatic N) is 3. The molecular formula is C17H20N4O3. The summed E-state index contributed by atoms with van der Waals surface area (Å²) in [4.78, 5) is 25.6. The molecule has 0 radical (unpaired) electrons. The summed E-state index contributed by atoms with van der Waals surface area (Å²) in [6, 6.07) is 6.87. The highest BCUT2D eigenvalue weighted by atomic mass is 16.5. The van der Waals surface area contributed by atoms with Crippen LogP contribution in [0.15, 0.2) is 36.7 Å². The molecular weight excluding hydrogens is 308 g/mol. The third kappa shape index (κ3) is 3.40. The Bertz CT molecular complexity index is 756. The first-order valence-corrected chi connectivity index (χ1v) is 7.85. The van der Waals surface area contributed by atoms with Crippen LogP contribution in [0.2, 0.25) is 0 Å². The van der Waals surface area contributed by atoms with Gasteiger partial charge in [0, 0.05) is 30.9 Å². The highest BCUT2D eigenvalue weighted by Crippen LogP contribution is 2.33. The zero-order valence-electron chi connectivity index (χ0n) is 13.5. The van der Waals surface area contributed by atoms with Crippen LogP contribution in [0.25, 0.3) is 0 Å². The number of aromatic nitrogens is 2. The average Bonchev–Trinajstić information content (AvgIpc) is 3.21. The Hall–Kier alpha value is -2.83. The molecule has 0 bridgehead atoms. The zero-order valence-corrected chi connectivity index (χ0v) is 13.5. The van der Waals surface area contributed by atoms with E-state index in [4.69, 9.17) is 10.5 Å². The Labute approximate surface area is 140 Å². The summed E-state index contributed by atoms with van der Waals surface area (Å²) in [5.74, 6) is -0.148. The molecule has 1 aliphatic heterocycles. The van der Waals surface area contributed by atoms with Crippen LogP contribution >= 0.6 is 0 Å². The van der Waals surface area contributed by atoms with Crippen molar-refractivity contribution in [3.05, 3.63) is 47.8 Å². The van der Waals surface area contributed by atoms with Crippen LogP contribution in [0.3, 0.4) is 0 Å². The van der Waals surface area contributed by atoms with Crippen LogP contribution in [0.5, 0.6) is 5.75 Å². The van der Waals surface area contributed by atoms with Crippen molar-refractivity contribution in [1.29, 1.82) is 0 Å². The molecule has 0 spiro atoms. The number of rotatable bonds is 5. The van der Waals surface area contributed by atoms with Gasteiger partial charge < -0.3 is 15.4 Å². The molecule has 2 N–H and O–H groups in total. The Morgan fingerprint density at radius 2 is 2.25 bits per heavy atom. The number of hydrogen-bond donors (Lipinski definition) is 1. The van der Waals surface area contributed by atoms with Gasteiger partial charge in [-0.2, -0.15) is 5.10 Å². The van der Waals surface area contributed by atoms with Crippen molar-refractivity contribution in [3.63, 3.8) is 0 Å². The largest absolute Gasteiger partial charge is 0.484 e. The highest BCUT2D eigenvalue weighted by molar-refractivity contribution is 5.95. The molecule has 7 heteroatoms. The van der Waals surface area contributed by atoms with Gasteiger partial charge in [0.1, 0.15) is 5.75 Å². The minimum absolute atomic E-state index is 0.0430. The number of likely N-dealkylation sites (tertiary alicyclic amines) is 1. The fourth-order valence-electron chi connectivity index (χ4n) is 3.01. The summed E-state index contributed by atoms with van der Waals surface area (Å²) in [6.07, 6.45) is 5.64. The lowest BCUT2D eigenvalue weighted by Crippen LogP contribution is -2.30. The SMILES string of the molecule is Cn1cc(C2CCCN2C(=O)c2cccc(OCC(N)=O)c2)cn1. The summed E-state index contributed by atoms with van der Waals surface area (Å²) in [5.41, 5.74) is 6.66. The molecule has 2 amide bonds. The molecule has 1 saturated heterocycles. The molecule has 7 nitrogen and oxygen atoms in total. The lowest BCUT2D eigenvalue weighted by Gasteiger charge is -2.24. The van der Waals surface area contributed by atoms with Gasteiger partial charge in [0.25, 0.3) is 11.8 Å². The number of carbonyl (C=O) groups excluding carboxylic acids is 2. The molecule has 2 aromatic rings. The second kappa shape index (κ2) is 6.74. The molecule has 1 aliphatic rings. The summed E-state index contributed by atoms with van der Waals surface area (Å²) in [6.45, 7) is 0.504. The topological polar surface area (TPSA) is 90.5 Å². The quantitative estimate of drug-likeness (QED) is 0.894. The van der Waals surface area contributed by atoms with Crippen molar-refractivity contribution in [1.82, 2.24) is 14.7 Å². The van der Waals surface area contributed by atoms with Crippen LogP contribution < -0.4 is 10.5 Å². The van der Waals surface area contributed by atoms with Crippen LogP contribution in [0.1, 0.15) is 34.8 Å². The van der Waals surface area contributed by atoms with Crippen molar-refractivity contribution in [2.24, 2.45) is 12.8 Å². The van der Waals surface area contributed by atoms with E-state index in [2.05, 4.69) is 5.10 Å². The number of hydrogen-bond acceptors (Lipinski definition) is 4. The number of primary amides is 1. The average molecular weight is 328 g/mol. The molecule has 1 fully saturated rings. The zero-order chi connectivity index (χ0) is 17.1. The molecule has 1 unspecified atom stereocenters. The normalized spacial score (nSPS) is 17.0. The molecule has 24 heavy (non-hydrogen) atoms. The predicted molar refractivity (Wildman–Crippen MR) is 87.4 cm³/mol. The molecule has 0 aliphatic carbocycles. The van der Waals surface area contributed by atoms with Crippen LogP contribution in [0, 0.1) is 0 Å². The van der Waals surface area contributed by atoms with E-state index in [1.165, 1.54) is 0 Å². The molecule has 0 saturated carbocycles. The number of ether oxygens (including phenoxy) is 1. The third-order valence-electron chi connectivity index (χ3n) is 4.09. The molecule has 1 aromatic heterocycles. The van der Waals surface area contributed by atoms with Crippen LogP contribution in [-0.4, -0.2) is 39.6 Å². The van der Waals surface area contributed by atoms with Crippen LogP contribution in [0.4, 0.5) is 0 Å². The van der Waals surface area contributed by atoms with Gasteiger partial charge in [-0.05, 0) is 31.0 Å². The monoisotopic (exact) mass is 328 g/mol. The predicted octanol–water partition coefficient (Wildman–Crippen LogP) is 1.26. The molecule has 2 heterocycles. The minimum Gasteiger partial charge on any atom is -0.484 e. The van der Waals surface area contributed by atoms with Crippen molar-refractivity contribution < 1.29 is 14.3 Å². The highest BCUT2D eigenvalue weighted by Gasteiger charge is 2.31. The molecule has 1 atom stereocenters. The lowest BCUT2D eigenvalue weighted by molar-refractivity contribution is -0.119. The smallest absolute Gasteiger partial charge is 0.255 e. The van der Waals surface area contributed by atoms with E-state index in [1.54, 1.807) is 28.9 Å². The van der Waals surface area contributed by atoms with E-state index in [1.807, 2.05) is 24.3 Å². The maximum absolute atomic E-state index is 12.9. The van der Waals surface area contributed by atoms with E-state index in [9.17, 15) is 9.59 Å². The molecule has 126 valence electrons. The number of nitrogens with two attached hydrogens (primary N) is 1. The van der Waals surface area contributed by atoms with E-state index in [0.29, 0.717) is 17.9 Å². The minimum atomic E-state index is -0.553. The summed E-state index contributed by atoms with van der Waals surface area (Å²) < 4.78 is 7.02. The van der Waals surface area contributed by atoms with Crippen LogP contribution in [-0.2, 0) is 11.8 Å². The Kier molecular flexibility index (Phi) is 4.50. The maximum Gasteiger partial charge on any atom is 0.255 e. The first-order chi connectivity index (χ1) is 11.5. The van der Waals surface area contributed by atoms with Crippen molar-refractivity contribution in [3.8, 4) is 5.75 Å². The first kappa shape index (κ1) is 16.0. The Morgan fingerprint density at radius 3 is 2.96 bits per heavy atom. The second-order valence-corrected chi connectivity index (χ2v) is 5.89. The van der Waals surface area contributed by atoms with Gasteiger partial charge >= 0.3 is 0 Å². The fourth-order valence-corrected chi connectivity index (χ4v) is 3.01. The number of carbonyl (C=O) groups is 2. The fraction of sp³-hybridized carbons (Fsp3) is 0.353. The van der Waals surface area contributed by atoms with Crippen molar-refractivity contribution in [2.45, 2.75) is 18.9 Å². The summed E-state index contributed by atoms with van der Waals surface area (Å²) >= 11 is 0. The summed E-state index contributed by atoms with van der Waals surface area (Å²) in [7, 11) is 1.87. The number of benzene rings is 1. The molecule has 1 aromatic carbocycles. The van der Waals surface area contributed by atoms with E-state index in [-0.39, 0.29) is 18.6 Å². The van der Waals surface area contributed by atoms with E-state index in [0.717, 1.165) is 18.4 Å². The molecule has 3 rings (SSSR count). The third-order valence-corrected chi connectivity index (χ3v) is 4.09. The summed E-state index contributed by atoms with van der Waals surface area (Å²) in [5, 5.41) is 4.20. The van der Waals surface area contributed by atoms with Gasteiger partial charge in [0.05, 0.1) is 12.2 Å². The first-order valence-electron chi connectivity index (χ1n) is 7.85. The van der Waals surface area contributed by atoms with Gasteiger partial charge in [0.2, 0.25) is 0 Å². The number of aryl methyl sites for hydroxylation is 1. The Morgan fingerprint density at radius 1 is 1.42 bits per heavy atom. The van der Waals surface area contributed by atoms with Crippen molar-refractivity contribution >= 4 is 11.8 Å². The standard InChI is InChI=1S/C17H20N4O3/c1-20-10-13(9-19-20)15-6-3-7-21(15)17(23)12-4-2-5-14(8-12)24-11-16(18)22/h2,4-5,8-10,15H,3,6-7,11H2,1H3,(H2,18,22). The maximum atomic E-state index is 12.9. The lowest BCUT2D eigenvalue weighted by atomic mass is 10.1. The van der Waals surface area contributed by atoms with Crippen molar-refractivity contribution in [2.75, 3.05) is 13.2 Å². The Balaban J connectivity index is 1.78. The number of amides is 2. The van der Waals surface area contributed by atoms with Gasteiger partial charge in [-0.15, -0.1) is 0 Å². The van der Waals surface area contributed by atoms with Gasteiger partial charge in [-0.1, -0.05) is 6.07 Å². The van der Waals surface area contributed by atoms with Gasteiger partial charge in [-0.3, -0.25) is 14.3 Å². The van der Waals surface area contributed by atoms with E-state index >= 15 is 0 Å². The second-order valence-electron chi connectivity index (χ2n) is 5.89. The van der Waals surface area contributed by atoms with E-state index < -0.39 is 5.91 Å². The van der Waals surface area contributed by atoms with Gasteiger partial charge in [-0.25, -0.2) is 0 Å². The van der Waals surface area contributed by atoms with Gasteiger partial charge in [0.15, 0.2) is 6.61 Å².